The maximum absolute atomic E-state index is 10.8. The normalized spacial score (nSPS) is 12.2. The summed E-state index contributed by atoms with van der Waals surface area (Å²) in [4.78, 5) is 10.8. The molecule has 0 fully saturated rings. The van der Waals surface area contributed by atoms with Crippen molar-refractivity contribution in [2.75, 3.05) is 0 Å². The van der Waals surface area contributed by atoms with Crippen LogP contribution in [0.4, 0.5) is 0 Å². The Balaban J connectivity index is 2.83. The van der Waals surface area contributed by atoms with Crippen LogP contribution < -0.4 is 4.74 Å². The van der Waals surface area contributed by atoms with Crippen molar-refractivity contribution >= 4 is 5.97 Å². The summed E-state index contributed by atoms with van der Waals surface area (Å²) >= 11 is 0. The van der Waals surface area contributed by atoms with Crippen LogP contribution in [-0.2, 0) is 4.79 Å². The van der Waals surface area contributed by atoms with Crippen molar-refractivity contribution < 1.29 is 14.6 Å². The molecule has 1 rings (SSSR count). The first kappa shape index (κ1) is 11.6. The summed E-state index contributed by atoms with van der Waals surface area (Å²) < 4.78 is 5.39. The van der Waals surface area contributed by atoms with Gasteiger partial charge in [0, 0.05) is 0 Å². The van der Waals surface area contributed by atoms with E-state index in [-0.39, 0.29) is 0 Å². The van der Waals surface area contributed by atoms with Crippen molar-refractivity contribution in [2.45, 2.75) is 33.3 Å². The number of aryl methyl sites for hydroxylation is 2. The van der Waals surface area contributed by atoms with Gasteiger partial charge >= 0.3 is 5.97 Å². The molecule has 1 atom stereocenters. The summed E-state index contributed by atoms with van der Waals surface area (Å²) in [6, 6.07) is 5.71. The van der Waals surface area contributed by atoms with Crippen molar-refractivity contribution in [2.24, 2.45) is 0 Å². The lowest BCUT2D eigenvalue weighted by atomic mass is 10.1. The van der Waals surface area contributed by atoms with E-state index in [0.29, 0.717) is 12.2 Å². The van der Waals surface area contributed by atoms with Crippen LogP contribution in [0, 0.1) is 13.8 Å². The molecule has 0 radical (unpaired) electrons. The Morgan fingerprint density at radius 3 is 2.27 bits per heavy atom. The van der Waals surface area contributed by atoms with Crippen LogP contribution in [-0.4, -0.2) is 17.2 Å². The number of rotatable bonds is 4. The van der Waals surface area contributed by atoms with Gasteiger partial charge in [-0.3, -0.25) is 0 Å². The van der Waals surface area contributed by atoms with Crippen LogP contribution in [0.1, 0.15) is 24.5 Å². The van der Waals surface area contributed by atoms with E-state index in [0.717, 1.165) is 11.1 Å². The molecule has 15 heavy (non-hydrogen) atoms. The molecule has 3 nitrogen and oxygen atoms in total. The zero-order valence-corrected chi connectivity index (χ0v) is 9.28. The van der Waals surface area contributed by atoms with Crippen molar-refractivity contribution in [1.82, 2.24) is 0 Å². The van der Waals surface area contributed by atoms with Crippen LogP contribution in [0.3, 0.4) is 0 Å². The second kappa shape index (κ2) is 4.82. The lowest BCUT2D eigenvalue weighted by Crippen LogP contribution is -2.25. The van der Waals surface area contributed by atoms with Gasteiger partial charge in [-0.05, 0) is 43.5 Å². The van der Waals surface area contributed by atoms with Gasteiger partial charge in [-0.25, -0.2) is 4.79 Å². The number of carboxylic acid groups (broad SMARTS) is 1. The van der Waals surface area contributed by atoms with E-state index in [9.17, 15) is 4.79 Å². The molecule has 0 spiro atoms. The molecule has 3 heteroatoms. The first-order chi connectivity index (χ1) is 7.02. The fourth-order valence-electron chi connectivity index (χ4n) is 1.47. The van der Waals surface area contributed by atoms with Crippen LogP contribution in [0.2, 0.25) is 0 Å². The van der Waals surface area contributed by atoms with Crippen molar-refractivity contribution in [3.05, 3.63) is 29.3 Å². The Hall–Kier alpha value is -1.51. The van der Waals surface area contributed by atoms with Crippen LogP contribution in [0.25, 0.3) is 0 Å². The van der Waals surface area contributed by atoms with Gasteiger partial charge in [0.2, 0.25) is 0 Å². The fourth-order valence-corrected chi connectivity index (χ4v) is 1.47. The number of aliphatic carboxylic acids is 1. The van der Waals surface area contributed by atoms with Crippen LogP contribution in [0.5, 0.6) is 5.75 Å². The molecule has 0 aliphatic carbocycles. The predicted molar refractivity (Wildman–Crippen MR) is 58.3 cm³/mol. The van der Waals surface area contributed by atoms with Crippen molar-refractivity contribution in [1.29, 1.82) is 0 Å². The number of carboxylic acids is 1. The summed E-state index contributed by atoms with van der Waals surface area (Å²) in [6.07, 6.45) is -0.298. The molecule has 0 saturated heterocycles. The monoisotopic (exact) mass is 208 g/mol. The molecule has 0 aromatic heterocycles. The molecule has 0 aliphatic rings. The lowest BCUT2D eigenvalue weighted by molar-refractivity contribution is -0.145. The predicted octanol–water partition coefficient (Wildman–Crippen LogP) is 2.55. The van der Waals surface area contributed by atoms with Gasteiger partial charge in [0.15, 0.2) is 6.10 Å². The summed E-state index contributed by atoms with van der Waals surface area (Å²) in [5, 5.41) is 8.85. The van der Waals surface area contributed by atoms with E-state index in [1.807, 2.05) is 32.0 Å². The SMILES string of the molecule is CC[C@@H](Oc1cc(C)cc(C)c1)C(=O)O. The third-order valence-electron chi connectivity index (χ3n) is 2.12. The van der Waals surface area contributed by atoms with E-state index in [1.54, 1.807) is 6.92 Å². The topological polar surface area (TPSA) is 46.5 Å². The smallest absolute Gasteiger partial charge is 0.344 e. The molecular formula is C12H16O3. The van der Waals surface area contributed by atoms with Gasteiger partial charge < -0.3 is 9.84 Å². The van der Waals surface area contributed by atoms with Gasteiger partial charge in [0.25, 0.3) is 0 Å². The third-order valence-corrected chi connectivity index (χ3v) is 2.12. The maximum Gasteiger partial charge on any atom is 0.344 e. The molecule has 1 aromatic carbocycles. The summed E-state index contributed by atoms with van der Waals surface area (Å²) in [6.45, 7) is 5.71. The van der Waals surface area contributed by atoms with Crippen molar-refractivity contribution in [3.63, 3.8) is 0 Å². The highest BCUT2D eigenvalue weighted by atomic mass is 16.5. The summed E-state index contributed by atoms with van der Waals surface area (Å²) in [5.74, 6) is -0.293. The molecule has 0 aliphatic heterocycles. The number of hydrogen-bond acceptors (Lipinski definition) is 2. The molecule has 0 amide bonds. The highest BCUT2D eigenvalue weighted by Gasteiger charge is 2.16. The summed E-state index contributed by atoms with van der Waals surface area (Å²) in [7, 11) is 0. The minimum Gasteiger partial charge on any atom is -0.479 e. The minimum absolute atomic E-state index is 0.461. The fraction of sp³-hybridized carbons (Fsp3) is 0.417. The standard InChI is InChI=1S/C12H16O3/c1-4-11(12(13)14)15-10-6-8(2)5-9(3)7-10/h5-7,11H,4H2,1-3H3,(H,13,14)/t11-/m1/s1. The molecule has 1 aromatic rings. The number of ether oxygens (including phenoxy) is 1. The Kier molecular flexibility index (Phi) is 3.72. The molecule has 1 N–H and O–H groups in total. The first-order valence-corrected chi connectivity index (χ1v) is 5.00. The van der Waals surface area contributed by atoms with Gasteiger partial charge in [-0.2, -0.15) is 0 Å². The van der Waals surface area contributed by atoms with Gasteiger partial charge in [-0.1, -0.05) is 13.0 Å². The Morgan fingerprint density at radius 2 is 1.87 bits per heavy atom. The molecular weight excluding hydrogens is 192 g/mol. The Bertz CT molecular complexity index is 338. The maximum atomic E-state index is 10.8. The average Bonchev–Trinajstić information content (AvgIpc) is 2.12. The molecule has 0 heterocycles. The largest absolute Gasteiger partial charge is 0.479 e. The summed E-state index contributed by atoms with van der Waals surface area (Å²) in [5.41, 5.74) is 2.15. The number of hydrogen-bond donors (Lipinski definition) is 1. The van der Waals surface area contributed by atoms with E-state index in [4.69, 9.17) is 9.84 Å². The van der Waals surface area contributed by atoms with Gasteiger partial charge in [0.05, 0.1) is 0 Å². The zero-order valence-electron chi connectivity index (χ0n) is 9.28. The molecule has 0 unspecified atom stereocenters. The van der Waals surface area contributed by atoms with E-state index >= 15 is 0 Å². The quantitative estimate of drug-likeness (QED) is 0.827. The average molecular weight is 208 g/mol. The highest BCUT2D eigenvalue weighted by molar-refractivity contribution is 5.72. The Labute approximate surface area is 89.7 Å². The lowest BCUT2D eigenvalue weighted by Gasteiger charge is -2.14. The third kappa shape index (κ3) is 3.27. The zero-order chi connectivity index (χ0) is 11.4. The van der Waals surface area contributed by atoms with E-state index in [1.165, 1.54) is 0 Å². The second-order valence-corrected chi connectivity index (χ2v) is 3.68. The van der Waals surface area contributed by atoms with Crippen LogP contribution in [0.15, 0.2) is 18.2 Å². The molecule has 0 bridgehead atoms. The highest BCUT2D eigenvalue weighted by Crippen LogP contribution is 2.18. The Morgan fingerprint density at radius 1 is 1.33 bits per heavy atom. The van der Waals surface area contributed by atoms with Crippen molar-refractivity contribution in [3.8, 4) is 5.75 Å². The number of carbonyl (C=O) groups is 1. The van der Waals surface area contributed by atoms with E-state index < -0.39 is 12.1 Å². The number of benzene rings is 1. The van der Waals surface area contributed by atoms with Crippen LogP contribution >= 0.6 is 0 Å². The minimum atomic E-state index is -0.920. The van der Waals surface area contributed by atoms with E-state index in [2.05, 4.69) is 0 Å². The first-order valence-electron chi connectivity index (χ1n) is 5.00. The molecule has 0 saturated carbocycles. The second-order valence-electron chi connectivity index (χ2n) is 3.68. The molecule has 82 valence electrons. The van der Waals surface area contributed by atoms with Gasteiger partial charge in [-0.15, -0.1) is 0 Å². The van der Waals surface area contributed by atoms with Gasteiger partial charge in [0.1, 0.15) is 5.75 Å².